The van der Waals surface area contributed by atoms with Gasteiger partial charge in [0.1, 0.15) is 0 Å². The Balaban J connectivity index is 1.64. The Morgan fingerprint density at radius 2 is 0.943 bits per heavy atom. The quantitative estimate of drug-likeness (QED) is 0.267. The van der Waals surface area contributed by atoms with Gasteiger partial charge in [0.15, 0.2) is 0 Å². The van der Waals surface area contributed by atoms with Crippen LogP contribution in [0.4, 0.5) is 0 Å². The number of aromatic nitrogens is 2. The van der Waals surface area contributed by atoms with E-state index in [9.17, 15) is 0 Å². The molecule has 0 bridgehead atoms. The van der Waals surface area contributed by atoms with Gasteiger partial charge in [0.05, 0.1) is 28.7 Å². The maximum absolute atomic E-state index is 5.13. The molecule has 5 rings (SSSR count). The van der Waals surface area contributed by atoms with Crippen molar-refractivity contribution in [3.05, 3.63) is 144 Å². The lowest BCUT2D eigenvalue weighted by Gasteiger charge is -2.22. The topological polar surface area (TPSA) is 25.8 Å². The molecule has 0 saturated heterocycles. The minimum absolute atomic E-state index is 0.0728. The van der Waals surface area contributed by atoms with Gasteiger partial charge in [0.25, 0.3) is 0 Å². The second-order valence-electron chi connectivity index (χ2n) is 9.93. The Hall–Kier alpha value is -4.04. The van der Waals surface area contributed by atoms with Crippen molar-refractivity contribution in [1.29, 1.82) is 0 Å². The molecule has 0 unspecified atom stereocenters. The average Bonchev–Trinajstić information content (AvgIpc) is 2.90. The highest BCUT2D eigenvalue weighted by atomic mass is 14.8. The van der Waals surface area contributed by atoms with Gasteiger partial charge >= 0.3 is 0 Å². The molecule has 2 heterocycles. The summed E-state index contributed by atoms with van der Waals surface area (Å²) in [6.07, 6.45) is 0. The number of pyridine rings is 2. The molecule has 0 fully saturated rings. The molecule has 172 valence electrons. The lowest BCUT2D eigenvalue weighted by molar-refractivity contribution is 0.590. The first-order valence-electron chi connectivity index (χ1n) is 12.1. The van der Waals surface area contributed by atoms with Crippen molar-refractivity contribution in [3.63, 3.8) is 0 Å². The van der Waals surface area contributed by atoms with Crippen molar-refractivity contribution < 1.29 is 0 Å². The Kier molecular flexibility index (Phi) is 6.29. The van der Waals surface area contributed by atoms with E-state index in [1.807, 2.05) is 12.1 Å². The van der Waals surface area contributed by atoms with Crippen molar-refractivity contribution >= 4 is 0 Å². The van der Waals surface area contributed by atoms with Crippen LogP contribution in [0, 0.1) is 0 Å². The molecule has 2 aromatic heterocycles. The molecule has 0 saturated carbocycles. The van der Waals surface area contributed by atoms with Crippen molar-refractivity contribution in [2.45, 2.75) is 32.1 Å². The van der Waals surface area contributed by atoms with E-state index < -0.39 is 0 Å². The maximum atomic E-state index is 5.13. The van der Waals surface area contributed by atoms with Gasteiger partial charge in [-0.15, -0.1) is 0 Å². The van der Waals surface area contributed by atoms with E-state index in [1.54, 1.807) is 0 Å². The average molecular weight is 455 g/mol. The molecule has 0 aliphatic carbocycles. The lowest BCUT2D eigenvalue weighted by atomic mass is 9.84. The summed E-state index contributed by atoms with van der Waals surface area (Å²) in [6, 6.07) is 42.2. The molecule has 5 aromatic rings. The van der Waals surface area contributed by atoms with Crippen LogP contribution < -0.4 is 0 Å². The predicted molar refractivity (Wildman–Crippen MR) is 145 cm³/mol. The number of benzene rings is 3. The van der Waals surface area contributed by atoms with Crippen LogP contribution in [0.15, 0.2) is 121 Å². The highest BCUT2D eigenvalue weighted by Crippen LogP contribution is 2.34. The van der Waals surface area contributed by atoms with Gasteiger partial charge in [0.2, 0.25) is 0 Å². The first kappa shape index (κ1) is 22.7. The smallest absolute Gasteiger partial charge is 0.0705 e. The molecule has 0 radical (unpaired) electrons. The van der Waals surface area contributed by atoms with E-state index in [2.05, 4.69) is 130 Å². The monoisotopic (exact) mass is 454 g/mol. The minimum Gasteiger partial charge on any atom is -0.252 e. The summed E-state index contributed by atoms with van der Waals surface area (Å²) in [5, 5.41) is 0. The summed E-state index contributed by atoms with van der Waals surface area (Å²) >= 11 is 0. The molecule has 0 atom stereocenters. The van der Waals surface area contributed by atoms with Gasteiger partial charge in [-0.05, 0) is 40.8 Å². The van der Waals surface area contributed by atoms with E-state index in [0.29, 0.717) is 0 Å². The first-order valence-corrected chi connectivity index (χ1v) is 12.1. The molecular formula is C33H30N2. The number of nitrogens with zero attached hydrogens (tertiary/aromatic N) is 2. The predicted octanol–water partition coefficient (Wildman–Crippen LogP) is 8.29. The van der Waals surface area contributed by atoms with Gasteiger partial charge in [-0.1, -0.05) is 118 Å². The van der Waals surface area contributed by atoms with Gasteiger partial charge in [0, 0.05) is 11.1 Å². The maximum Gasteiger partial charge on any atom is 0.0705 e. The fraction of sp³-hybridized carbons (Fsp3) is 0.152. The summed E-state index contributed by atoms with van der Waals surface area (Å²) in [6.45, 7) is 6.74. The zero-order valence-corrected chi connectivity index (χ0v) is 20.5. The molecule has 0 amide bonds. The van der Waals surface area contributed by atoms with E-state index in [1.165, 1.54) is 11.1 Å². The van der Waals surface area contributed by atoms with Crippen molar-refractivity contribution in [3.8, 4) is 22.5 Å². The summed E-state index contributed by atoms with van der Waals surface area (Å²) in [7, 11) is 0. The molecule has 0 aliphatic rings. The summed E-state index contributed by atoms with van der Waals surface area (Å²) in [5.41, 5.74) is 8.76. The number of hydrogen-bond acceptors (Lipinski definition) is 2. The zero-order valence-electron chi connectivity index (χ0n) is 20.5. The Bertz CT molecular complexity index is 1320. The van der Waals surface area contributed by atoms with Crippen LogP contribution in [-0.4, -0.2) is 9.97 Å². The molecule has 0 aliphatic heterocycles. The van der Waals surface area contributed by atoms with Crippen LogP contribution in [0.2, 0.25) is 0 Å². The summed E-state index contributed by atoms with van der Waals surface area (Å²) in [5.74, 6) is -0.0728. The largest absolute Gasteiger partial charge is 0.252 e. The van der Waals surface area contributed by atoms with Crippen molar-refractivity contribution in [1.82, 2.24) is 9.97 Å². The number of rotatable bonds is 5. The lowest BCUT2D eigenvalue weighted by Crippen LogP contribution is -2.12. The molecule has 35 heavy (non-hydrogen) atoms. The van der Waals surface area contributed by atoms with E-state index in [4.69, 9.17) is 9.97 Å². The third-order valence-corrected chi connectivity index (χ3v) is 6.38. The van der Waals surface area contributed by atoms with Gasteiger partial charge in [-0.2, -0.15) is 0 Å². The van der Waals surface area contributed by atoms with E-state index >= 15 is 0 Å². The second kappa shape index (κ2) is 9.68. The zero-order chi connectivity index (χ0) is 24.3. The second-order valence-corrected chi connectivity index (χ2v) is 9.93. The Morgan fingerprint density at radius 3 is 1.37 bits per heavy atom. The molecule has 2 nitrogen and oxygen atoms in total. The number of hydrogen-bond donors (Lipinski definition) is 0. The first-order chi connectivity index (χ1) is 17.0. The molecule has 2 heteroatoms. The fourth-order valence-electron chi connectivity index (χ4n) is 4.43. The summed E-state index contributed by atoms with van der Waals surface area (Å²) < 4.78 is 0. The summed E-state index contributed by atoms with van der Waals surface area (Å²) in [4.78, 5) is 10.3. The van der Waals surface area contributed by atoms with Gasteiger partial charge in [-0.25, -0.2) is 0 Å². The third kappa shape index (κ3) is 5.07. The van der Waals surface area contributed by atoms with E-state index in [0.717, 1.165) is 33.9 Å². The van der Waals surface area contributed by atoms with E-state index in [-0.39, 0.29) is 11.3 Å². The Labute approximate surface area is 208 Å². The van der Waals surface area contributed by atoms with Crippen LogP contribution in [0.1, 0.15) is 49.2 Å². The van der Waals surface area contributed by atoms with Crippen LogP contribution in [0.3, 0.4) is 0 Å². The van der Waals surface area contributed by atoms with Gasteiger partial charge in [-0.3, -0.25) is 9.97 Å². The molecular weight excluding hydrogens is 424 g/mol. The third-order valence-electron chi connectivity index (χ3n) is 6.38. The standard InChI is InChI=1S/C33H30N2/c1-33(2,3)27-22-20-26(21-23-27)32(30-18-10-16-28(34-30)24-12-6-4-7-13-24)31-19-11-17-29(35-31)25-14-8-5-9-15-25/h4-23,32H,1-3H3. The normalized spacial score (nSPS) is 11.5. The van der Waals surface area contributed by atoms with Crippen molar-refractivity contribution in [2.75, 3.05) is 0 Å². The van der Waals surface area contributed by atoms with Crippen LogP contribution >= 0.6 is 0 Å². The highest BCUT2D eigenvalue weighted by molar-refractivity contribution is 5.61. The van der Waals surface area contributed by atoms with Crippen LogP contribution in [0.25, 0.3) is 22.5 Å². The van der Waals surface area contributed by atoms with Crippen LogP contribution in [0.5, 0.6) is 0 Å². The van der Waals surface area contributed by atoms with Crippen LogP contribution in [-0.2, 0) is 5.41 Å². The molecule has 0 spiro atoms. The molecule has 3 aromatic carbocycles. The van der Waals surface area contributed by atoms with Gasteiger partial charge < -0.3 is 0 Å². The SMILES string of the molecule is CC(C)(C)c1ccc(C(c2cccc(-c3ccccc3)n2)c2cccc(-c3ccccc3)n2)cc1. The highest BCUT2D eigenvalue weighted by Gasteiger charge is 2.22. The Morgan fingerprint density at radius 1 is 0.486 bits per heavy atom. The van der Waals surface area contributed by atoms with Crippen molar-refractivity contribution in [2.24, 2.45) is 0 Å². The molecule has 0 N–H and O–H groups in total. The minimum atomic E-state index is -0.0728. The fourth-order valence-corrected chi connectivity index (χ4v) is 4.43.